The maximum absolute atomic E-state index is 12.6. The molecule has 0 aliphatic rings. The van der Waals surface area contributed by atoms with Crippen LogP contribution in [0.5, 0.6) is 5.75 Å². The Morgan fingerprint density at radius 1 is 1.15 bits per heavy atom. The molecule has 7 nitrogen and oxygen atoms in total. The van der Waals surface area contributed by atoms with Crippen molar-refractivity contribution in [2.24, 2.45) is 0 Å². The Kier molecular flexibility index (Phi) is 9.28. The van der Waals surface area contributed by atoms with E-state index in [1.54, 1.807) is 36.1 Å². The van der Waals surface area contributed by atoms with E-state index >= 15 is 0 Å². The van der Waals surface area contributed by atoms with Gasteiger partial charge in [0, 0.05) is 19.0 Å². The van der Waals surface area contributed by atoms with Crippen LogP contribution >= 0.6 is 0 Å². The first-order valence-corrected chi connectivity index (χ1v) is 10.8. The second-order valence-corrected chi connectivity index (χ2v) is 8.02. The molecule has 1 amide bonds. The van der Waals surface area contributed by atoms with Crippen molar-refractivity contribution >= 4 is 22.0 Å². The molecule has 0 bridgehead atoms. The third-order valence-electron chi connectivity index (χ3n) is 4.12. The highest BCUT2D eigenvalue weighted by Crippen LogP contribution is 2.19. The van der Waals surface area contributed by atoms with Gasteiger partial charge in [-0.1, -0.05) is 19.1 Å². The monoisotopic (exact) mass is 399 g/mol. The molecule has 0 fully saturated rings. The molecule has 8 heteroatoms. The lowest BCUT2D eigenvalue weighted by atomic mass is 10.1. The summed E-state index contributed by atoms with van der Waals surface area (Å²) in [4.78, 5) is 25.8. The third kappa shape index (κ3) is 7.99. The molecule has 1 unspecified atom stereocenters. The van der Waals surface area contributed by atoms with Crippen LogP contribution in [0, 0.1) is 0 Å². The van der Waals surface area contributed by atoms with Crippen LogP contribution in [-0.4, -0.2) is 43.6 Å². The van der Waals surface area contributed by atoms with Gasteiger partial charge in [-0.2, -0.15) is 8.42 Å². The molecule has 152 valence electrons. The zero-order valence-corrected chi connectivity index (χ0v) is 17.3. The molecule has 1 atom stereocenters. The summed E-state index contributed by atoms with van der Waals surface area (Å²) in [6.45, 7) is 7.73. The van der Waals surface area contributed by atoms with Crippen molar-refractivity contribution in [1.29, 1.82) is 0 Å². The van der Waals surface area contributed by atoms with E-state index in [1.807, 2.05) is 13.8 Å². The Bertz CT molecular complexity index is 731. The zero-order chi connectivity index (χ0) is 20.4. The number of benzene rings is 1. The summed E-state index contributed by atoms with van der Waals surface area (Å²) in [7, 11) is -3.61. The molecule has 1 rings (SSSR count). The lowest BCUT2D eigenvalue weighted by molar-refractivity contribution is -0.146. The number of carbonyl (C=O) groups is 2. The summed E-state index contributed by atoms with van der Waals surface area (Å²) < 4.78 is 33.2. The molecule has 0 saturated carbocycles. The van der Waals surface area contributed by atoms with Crippen molar-refractivity contribution in [3.63, 3.8) is 0 Å². The zero-order valence-electron chi connectivity index (χ0n) is 16.4. The van der Waals surface area contributed by atoms with Crippen LogP contribution in [0.1, 0.15) is 52.5 Å². The number of ether oxygens (including phenoxy) is 1. The van der Waals surface area contributed by atoms with Gasteiger partial charge < -0.3 is 13.8 Å². The number of hydrogen-bond donors (Lipinski definition) is 0. The predicted octanol–water partition coefficient (Wildman–Crippen LogP) is 2.89. The van der Waals surface area contributed by atoms with Gasteiger partial charge in [0.25, 0.3) is 0 Å². The quantitative estimate of drug-likeness (QED) is 0.420. The average molecular weight is 400 g/mol. The molecular formula is C19H29NO6S. The van der Waals surface area contributed by atoms with Crippen molar-refractivity contribution < 1.29 is 26.9 Å². The number of hydrogen-bond acceptors (Lipinski definition) is 6. The minimum Gasteiger partial charge on any atom is -0.466 e. The molecule has 1 aromatic carbocycles. The maximum atomic E-state index is 12.6. The summed E-state index contributed by atoms with van der Waals surface area (Å²) >= 11 is 0. The fourth-order valence-corrected chi connectivity index (χ4v) is 2.91. The van der Waals surface area contributed by atoms with Crippen LogP contribution in [0.25, 0.3) is 0 Å². The first-order valence-electron chi connectivity index (χ1n) is 9.18. The molecule has 0 spiro atoms. The van der Waals surface area contributed by atoms with Gasteiger partial charge in [-0.05, 0) is 44.9 Å². The molecule has 27 heavy (non-hydrogen) atoms. The van der Waals surface area contributed by atoms with E-state index in [1.165, 1.54) is 6.92 Å². The van der Waals surface area contributed by atoms with E-state index in [2.05, 4.69) is 0 Å². The van der Waals surface area contributed by atoms with Gasteiger partial charge in [0.2, 0.25) is 5.91 Å². The Labute approximate surface area is 161 Å². The summed E-state index contributed by atoms with van der Waals surface area (Å²) in [5.74, 6) is -0.444. The van der Waals surface area contributed by atoms with Gasteiger partial charge in [-0.25, -0.2) is 0 Å². The van der Waals surface area contributed by atoms with Gasteiger partial charge in [-0.15, -0.1) is 0 Å². The second-order valence-electron chi connectivity index (χ2n) is 6.16. The highest BCUT2D eigenvalue weighted by atomic mass is 32.2. The predicted molar refractivity (Wildman–Crippen MR) is 103 cm³/mol. The van der Waals surface area contributed by atoms with Gasteiger partial charge in [0.05, 0.1) is 18.8 Å². The van der Waals surface area contributed by atoms with E-state index in [0.29, 0.717) is 6.54 Å². The van der Waals surface area contributed by atoms with E-state index in [0.717, 1.165) is 12.0 Å². The van der Waals surface area contributed by atoms with Crippen LogP contribution in [0.4, 0.5) is 0 Å². The van der Waals surface area contributed by atoms with E-state index in [9.17, 15) is 18.0 Å². The summed E-state index contributed by atoms with van der Waals surface area (Å²) in [6, 6.07) is 6.64. The molecule has 0 N–H and O–H groups in total. The lowest BCUT2D eigenvalue weighted by Gasteiger charge is -2.29. The number of amides is 1. The normalized spacial score (nSPS) is 12.3. The maximum Gasteiger partial charge on any atom is 0.308 e. The fraction of sp³-hybridized carbons (Fsp3) is 0.579. The van der Waals surface area contributed by atoms with Gasteiger partial charge >= 0.3 is 16.1 Å². The van der Waals surface area contributed by atoms with Crippen LogP contribution in [0.3, 0.4) is 0 Å². The van der Waals surface area contributed by atoms with Crippen LogP contribution in [-0.2, 0) is 31.0 Å². The number of esters is 1. The number of nitrogens with zero attached hydrogens (tertiary/aromatic N) is 1. The molecule has 0 saturated heterocycles. The second kappa shape index (κ2) is 10.9. The minimum absolute atomic E-state index is 0.0244. The molecule has 0 aromatic heterocycles. The lowest BCUT2D eigenvalue weighted by Crippen LogP contribution is -2.38. The minimum atomic E-state index is -3.61. The summed E-state index contributed by atoms with van der Waals surface area (Å²) in [5, 5.41) is 0. The first kappa shape index (κ1) is 23.0. The van der Waals surface area contributed by atoms with Gasteiger partial charge in [-0.3, -0.25) is 9.59 Å². The van der Waals surface area contributed by atoms with Crippen molar-refractivity contribution in [2.75, 3.05) is 12.4 Å². The molecular weight excluding hydrogens is 370 g/mol. The van der Waals surface area contributed by atoms with Crippen LogP contribution in [0.2, 0.25) is 0 Å². The first-order chi connectivity index (χ1) is 12.7. The molecule has 0 radical (unpaired) electrons. The average Bonchev–Trinajstić information content (AvgIpc) is 2.63. The Balaban J connectivity index is 2.88. The van der Waals surface area contributed by atoms with E-state index < -0.39 is 16.1 Å². The van der Waals surface area contributed by atoms with Crippen LogP contribution in [0.15, 0.2) is 24.3 Å². The molecule has 0 aliphatic carbocycles. The Morgan fingerprint density at radius 2 is 1.85 bits per heavy atom. The Morgan fingerprint density at radius 3 is 2.44 bits per heavy atom. The van der Waals surface area contributed by atoms with E-state index in [4.69, 9.17) is 8.92 Å². The van der Waals surface area contributed by atoms with Gasteiger partial charge in [0.15, 0.2) is 0 Å². The smallest absolute Gasteiger partial charge is 0.308 e. The molecule has 0 aliphatic heterocycles. The van der Waals surface area contributed by atoms with Gasteiger partial charge in [0.1, 0.15) is 5.75 Å². The largest absolute Gasteiger partial charge is 0.466 e. The number of carbonyl (C=O) groups excluding carboxylic acids is 2. The summed E-state index contributed by atoms with van der Waals surface area (Å²) in [5.41, 5.74) is 0.753. The highest BCUT2D eigenvalue weighted by molar-refractivity contribution is 7.87. The SMILES string of the molecule is CCOC(=O)CCC(=O)N(Cc1cccc(OS(=O)(=O)CC)c1)C(C)CC. The Hall–Kier alpha value is -2.09. The topological polar surface area (TPSA) is 90.0 Å². The van der Waals surface area contributed by atoms with Crippen molar-refractivity contribution in [3.05, 3.63) is 29.8 Å². The fourth-order valence-electron chi connectivity index (χ4n) is 2.39. The third-order valence-corrected chi connectivity index (χ3v) is 5.27. The van der Waals surface area contributed by atoms with Crippen molar-refractivity contribution in [3.8, 4) is 5.75 Å². The van der Waals surface area contributed by atoms with Crippen molar-refractivity contribution in [1.82, 2.24) is 4.90 Å². The molecule has 0 heterocycles. The molecule has 1 aromatic rings. The van der Waals surface area contributed by atoms with Crippen molar-refractivity contribution in [2.45, 2.75) is 59.5 Å². The van der Waals surface area contributed by atoms with E-state index in [-0.39, 0.29) is 42.9 Å². The van der Waals surface area contributed by atoms with Crippen LogP contribution < -0.4 is 4.18 Å². The highest BCUT2D eigenvalue weighted by Gasteiger charge is 2.21. The standard InChI is InChI=1S/C19H29NO6S/c1-5-15(4)20(18(21)11-12-19(22)25-6-2)14-16-9-8-10-17(13-16)26-27(23,24)7-3/h8-10,13,15H,5-7,11-12,14H2,1-4H3. The summed E-state index contributed by atoms with van der Waals surface area (Å²) in [6.07, 6.45) is 0.868. The number of rotatable bonds is 11.